The van der Waals surface area contributed by atoms with Crippen molar-refractivity contribution in [2.75, 3.05) is 0 Å². The first-order valence-electron chi connectivity index (χ1n) is 1.87. The topological polar surface area (TPSA) is 104 Å². The zero-order valence-electron chi connectivity index (χ0n) is 4.04. The molecule has 0 radical (unpaired) electrons. The Morgan fingerprint density at radius 2 is 1.67 bits per heavy atom. The summed E-state index contributed by atoms with van der Waals surface area (Å²) in [6.07, 6.45) is 0. The van der Waals surface area contributed by atoms with Crippen LogP contribution in [0.15, 0.2) is 20.7 Å². The van der Waals surface area contributed by atoms with Crippen molar-refractivity contribution in [1.29, 1.82) is 0 Å². The van der Waals surface area contributed by atoms with Crippen molar-refractivity contribution in [1.82, 2.24) is 0 Å². The second-order valence-electron chi connectivity index (χ2n) is 1.25. The molecule has 0 bridgehead atoms. The molecule has 0 aliphatic carbocycles. The first-order valence-corrected chi connectivity index (χ1v) is 3.37. The van der Waals surface area contributed by atoms with Gasteiger partial charge in [-0.3, -0.25) is 4.55 Å². The van der Waals surface area contributed by atoms with Crippen molar-refractivity contribution in [3.8, 4) is 0 Å². The average Bonchev–Trinajstić information content (AvgIpc) is 2.08. The number of hydrogen-bond acceptors (Lipinski definition) is 6. The Kier molecular flexibility index (Phi) is 1.25. The van der Waals surface area contributed by atoms with Crippen molar-refractivity contribution in [2.24, 2.45) is 20.7 Å². The molecule has 0 atom stereocenters. The quantitative estimate of drug-likeness (QED) is 0.531. The van der Waals surface area contributed by atoms with Gasteiger partial charge in [-0.2, -0.15) is 8.42 Å². The monoisotopic (exact) mass is 150 g/mol. The Morgan fingerprint density at radius 3 is 1.89 bits per heavy atom. The van der Waals surface area contributed by atoms with Gasteiger partial charge in [-0.15, -0.1) is 10.2 Å². The largest absolute Gasteiger partial charge is 0.313 e. The number of hydrogen-bond donors (Lipinski definition) is 1. The summed E-state index contributed by atoms with van der Waals surface area (Å²) >= 11 is 0. The van der Waals surface area contributed by atoms with Gasteiger partial charge >= 0.3 is 15.6 Å². The Labute approximate surface area is 50.2 Å². The van der Waals surface area contributed by atoms with Gasteiger partial charge in [0.1, 0.15) is 0 Å². The van der Waals surface area contributed by atoms with Gasteiger partial charge < -0.3 is 0 Å². The molecule has 1 rings (SSSR count). The Bertz CT molecular complexity index is 239. The van der Waals surface area contributed by atoms with Gasteiger partial charge in [0.2, 0.25) is 0 Å². The second kappa shape index (κ2) is 1.81. The molecule has 0 aromatic carbocycles. The van der Waals surface area contributed by atoms with Crippen LogP contribution >= 0.6 is 0 Å². The molecule has 0 unspecified atom stereocenters. The van der Waals surface area contributed by atoms with Gasteiger partial charge in [0, 0.05) is 0 Å². The highest BCUT2D eigenvalue weighted by molar-refractivity contribution is 7.86. The van der Waals surface area contributed by atoms with E-state index in [0.29, 0.717) is 0 Å². The van der Waals surface area contributed by atoms with Crippen LogP contribution in [0.1, 0.15) is 0 Å². The first-order chi connectivity index (χ1) is 4.11. The van der Waals surface area contributed by atoms with Gasteiger partial charge in [-0.1, -0.05) is 0 Å². The molecule has 1 aliphatic heterocycles. The fourth-order valence-electron chi connectivity index (χ4n) is 0.277. The van der Waals surface area contributed by atoms with E-state index in [1.165, 1.54) is 0 Å². The maximum atomic E-state index is 10.1. The highest BCUT2D eigenvalue weighted by Crippen LogP contribution is 2.09. The highest BCUT2D eigenvalue weighted by Gasteiger charge is 2.24. The molecule has 9 heavy (non-hydrogen) atoms. The van der Waals surface area contributed by atoms with Crippen LogP contribution in [0.25, 0.3) is 0 Å². The van der Waals surface area contributed by atoms with E-state index in [4.69, 9.17) is 4.55 Å². The van der Waals surface area contributed by atoms with Gasteiger partial charge in [0.15, 0.2) is 0 Å². The first kappa shape index (κ1) is 6.23. The van der Waals surface area contributed by atoms with Gasteiger partial charge in [0.05, 0.1) is 0 Å². The molecule has 0 spiro atoms. The zero-order valence-corrected chi connectivity index (χ0v) is 4.85. The normalized spacial score (nSPS) is 19.2. The maximum Gasteiger partial charge on any atom is 0.313 e. The van der Waals surface area contributed by atoms with E-state index in [-0.39, 0.29) is 0 Å². The lowest BCUT2D eigenvalue weighted by molar-refractivity contribution is 0.469. The summed E-state index contributed by atoms with van der Waals surface area (Å²) in [5.74, 6) is 0. The van der Waals surface area contributed by atoms with E-state index in [9.17, 15) is 8.42 Å². The zero-order chi connectivity index (χ0) is 6.91. The smallest absolute Gasteiger partial charge is 0.282 e. The summed E-state index contributed by atoms with van der Waals surface area (Å²) in [6, 6.07) is 0. The molecular formula is CH2N4O3S. The molecule has 7 nitrogen and oxygen atoms in total. The van der Waals surface area contributed by atoms with Crippen LogP contribution in [-0.2, 0) is 10.1 Å². The lowest BCUT2D eigenvalue weighted by Crippen LogP contribution is -2.12. The molecule has 50 valence electrons. The highest BCUT2D eigenvalue weighted by atomic mass is 32.2. The second-order valence-corrected chi connectivity index (χ2v) is 2.70. The molecule has 0 aromatic heterocycles. The fraction of sp³-hybridized carbons (Fsp3) is 1.00. The SMILES string of the molecule is O=S(=O)(O)C1N=NN=N1. The molecule has 0 aromatic rings. The Balaban J connectivity index is 2.90. The minimum absolute atomic E-state index is 1.54. The summed E-state index contributed by atoms with van der Waals surface area (Å²) in [5.41, 5.74) is -1.54. The molecule has 0 saturated heterocycles. The minimum Gasteiger partial charge on any atom is -0.282 e. The fourth-order valence-corrected chi connectivity index (χ4v) is 0.599. The van der Waals surface area contributed by atoms with E-state index >= 15 is 0 Å². The minimum atomic E-state index is -4.22. The predicted molar refractivity (Wildman–Crippen MR) is 25.0 cm³/mol. The third-order valence-electron chi connectivity index (χ3n) is 0.607. The van der Waals surface area contributed by atoms with E-state index in [0.717, 1.165) is 0 Å². The van der Waals surface area contributed by atoms with Crippen LogP contribution in [0.5, 0.6) is 0 Å². The molecule has 0 saturated carbocycles. The molecule has 1 aliphatic rings. The molecule has 1 heterocycles. The van der Waals surface area contributed by atoms with Crippen molar-refractivity contribution in [2.45, 2.75) is 5.50 Å². The van der Waals surface area contributed by atoms with Crippen LogP contribution in [-0.4, -0.2) is 18.5 Å². The standard InChI is InChI=1S/CH2N4O3S/c6-9(7,8)1-2-4-5-3-1/h1H,(H,6,7,8). The molecular weight excluding hydrogens is 148 g/mol. The van der Waals surface area contributed by atoms with E-state index in [1.807, 2.05) is 0 Å². The summed E-state index contributed by atoms with van der Waals surface area (Å²) in [6.45, 7) is 0. The Morgan fingerprint density at radius 1 is 1.22 bits per heavy atom. The van der Waals surface area contributed by atoms with Crippen molar-refractivity contribution in [3.63, 3.8) is 0 Å². The summed E-state index contributed by atoms with van der Waals surface area (Å²) in [4.78, 5) is 0. The maximum absolute atomic E-state index is 10.1. The lowest BCUT2D eigenvalue weighted by Gasteiger charge is -1.91. The third kappa shape index (κ3) is 1.27. The molecule has 0 fully saturated rings. The van der Waals surface area contributed by atoms with E-state index in [1.54, 1.807) is 0 Å². The van der Waals surface area contributed by atoms with Crippen molar-refractivity contribution >= 4 is 10.1 Å². The van der Waals surface area contributed by atoms with Crippen LogP contribution in [0.2, 0.25) is 0 Å². The lowest BCUT2D eigenvalue weighted by atomic mass is 11.2. The van der Waals surface area contributed by atoms with Gasteiger partial charge in [-0.05, 0) is 10.4 Å². The van der Waals surface area contributed by atoms with Crippen molar-refractivity contribution in [3.05, 3.63) is 0 Å². The van der Waals surface area contributed by atoms with Crippen LogP contribution in [0, 0.1) is 0 Å². The summed E-state index contributed by atoms with van der Waals surface area (Å²) in [7, 11) is -4.22. The summed E-state index contributed by atoms with van der Waals surface area (Å²) < 4.78 is 28.3. The molecule has 8 heteroatoms. The number of rotatable bonds is 1. The molecule has 1 N–H and O–H groups in total. The Hall–Kier alpha value is -0.890. The summed E-state index contributed by atoms with van der Waals surface area (Å²) in [5, 5.41) is 11.7. The van der Waals surface area contributed by atoms with Gasteiger partial charge in [0.25, 0.3) is 0 Å². The average molecular weight is 150 g/mol. The number of nitrogens with zero attached hydrogens (tertiary/aromatic N) is 4. The van der Waals surface area contributed by atoms with Crippen molar-refractivity contribution < 1.29 is 13.0 Å². The molecule has 0 amide bonds. The van der Waals surface area contributed by atoms with Crippen LogP contribution < -0.4 is 0 Å². The van der Waals surface area contributed by atoms with Crippen LogP contribution in [0.3, 0.4) is 0 Å². The predicted octanol–water partition coefficient (Wildman–Crippen LogP) is -0.00920. The van der Waals surface area contributed by atoms with E-state index in [2.05, 4.69) is 20.7 Å². The van der Waals surface area contributed by atoms with Gasteiger partial charge in [-0.25, -0.2) is 0 Å². The third-order valence-corrected chi connectivity index (χ3v) is 1.33. The van der Waals surface area contributed by atoms with Crippen LogP contribution in [0.4, 0.5) is 0 Å². The van der Waals surface area contributed by atoms with E-state index < -0.39 is 15.6 Å².